The van der Waals surface area contributed by atoms with Gasteiger partial charge in [-0.25, -0.2) is 0 Å². The minimum absolute atomic E-state index is 0.00766. The summed E-state index contributed by atoms with van der Waals surface area (Å²) in [6.45, 7) is 23.2. The molecule has 53 heavy (non-hydrogen) atoms. The van der Waals surface area contributed by atoms with E-state index in [1.54, 1.807) is 14.2 Å². The highest BCUT2D eigenvalue weighted by Crippen LogP contribution is 2.70. The van der Waals surface area contributed by atoms with Gasteiger partial charge < -0.3 is 28.4 Å². The third kappa shape index (κ3) is 6.65. The summed E-state index contributed by atoms with van der Waals surface area (Å²) < 4.78 is 35.3. The average molecular weight is 747 g/mol. The number of carbonyl (C=O) groups excluding carboxylic acids is 2. The Kier molecular flexibility index (Phi) is 13.2. The standard InChI is InChI=1S/C24H42O4.C21H36O4/c1-15(2)22(5)13-19(28-14-26-7)23(6)16(3)9-11-24(17(4)21(22)25)12-10-18(27-8)20(23)24;1-13-11-17(25-12-23-5)20(4)14(2)7-9-21(15(3)18(13)22)10-8-16(24-6)19(20)21/h15-20H,9-14H2,1-8H3;13-17,19H,7-12H2,1-6H3/t16-,17+,18-,19?,20?,22+,23+,24?;13-,14+,15-,16+,17?,19?,20-,21?/m10/s1. The van der Waals surface area contributed by atoms with Crippen LogP contribution in [0.2, 0.25) is 0 Å². The highest BCUT2D eigenvalue weighted by molar-refractivity contribution is 5.88. The molecule has 4 bridgehead atoms. The maximum absolute atomic E-state index is 14.0. The molecule has 0 amide bonds. The lowest BCUT2D eigenvalue weighted by Crippen LogP contribution is -2.63. The van der Waals surface area contributed by atoms with Gasteiger partial charge >= 0.3 is 0 Å². The zero-order valence-corrected chi connectivity index (χ0v) is 36.2. The van der Waals surface area contributed by atoms with E-state index in [-0.39, 0.29) is 82.0 Å². The summed E-state index contributed by atoms with van der Waals surface area (Å²) in [6, 6.07) is 0. The minimum Gasteiger partial charge on any atom is -0.381 e. The van der Waals surface area contributed by atoms with Crippen LogP contribution in [0.4, 0.5) is 0 Å². The molecule has 306 valence electrons. The predicted molar refractivity (Wildman–Crippen MR) is 208 cm³/mol. The van der Waals surface area contributed by atoms with E-state index in [2.05, 4.69) is 69.2 Å². The summed E-state index contributed by atoms with van der Waals surface area (Å²) in [5.74, 6) is 3.17. The van der Waals surface area contributed by atoms with Crippen LogP contribution in [0.25, 0.3) is 0 Å². The Bertz CT molecular complexity index is 1290. The van der Waals surface area contributed by atoms with Crippen LogP contribution in [0.3, 0.4) is 0 Å². The van der Waals surface area contributed by atoms with Gasteiger partial charge in [-0.15, -0.1) is 0 Å². The van der Waals surface area contributed by atoms with Crippen LogP contribution in [0.5, 0.6) is 0 Å². The van der Waals surface area contributed by atoms with E-state index in [0.29, 0.717) is 42.0 Å². The van der Waals surface area contributed by atoms with Gasteiger partial charge in [0.25, 0.3) is 0 Å². The predicted octanol–water partition coefficient (Wildman–Crippen LogP) is 9.16. The molecule has 8 nitrogen and oxygen atoms in total. The third-order valence-electron chi connectivity index (χ3n) is 18.1. The van der Waals surface area contributed by atoms with Crippen molar-refractivity contribution in [2.75, 3.05) is 42.0 Å². The lowest BCUT2D eigenvalue weighted by Gasteiger charge is -2.62. The Balaban J connectivity index is 0.000000206. The fourth-order valence-corrected chi connectivity index (χ4v) is 14.1. The third-order valence-corrected chi connectivity index (χ3v) is 18.1. The van der Waals surface area contributed by atoms with E-state index >= 15 is 0 Å². The van der Waals surface area contributed by atoms with Crippen LogP contribution < -0.4 is 0 Å². The first-order chi connectivity index (χ1) is 24.9. The van der Waals surface area contributed by atoms with Gasteiger partial charge in [-0.1, -0.05) is 69.2 Å². The smallest absolute Gasteiger partial charge is 0.146 e. The van der Waals surface area contributed by atoms with Crippen molar-refractivity contribution in [3.63, 3.8) is 0 Å². The van der Waals surface area contributed by atoms with Crippen molar-refractivity contribution in [3.05, 3.63) is 0 Å². The summed E-state index contributed by atoms with van der Waals surface area (Å²) in [5, 5.41) is 0. The van der Waals surface area contributed by atoms with Crippen LogP contribution in [0.15, 0.2) is 0 Å². The minimum atomic E-state index is -0.376. The number of carbonyl (C=O) groups is 2. The van der Waals surface area contributed by atoms with Crippen molar-refractivity contribution < 1.29 is 38.0 Å². The van der Waals surface area contributed by atoms with Crippen LogP contribution >= 0.6 is 0 Å². The molecule has 0 aromatic rings. The summed E-state index contributed by atoms with van der Waals surface area (Å²) in [4.78, 5) is 27.2. The molecule has 6 fully saturated rings. The second-order valence-corrected chi connectivity index (χ2v) is 19.9. The first-order valence-corrected chi connectivity index (χ1v) is 21.3. The van der Waals surface area contributed by atoms with Crippen molar-refractivity contribution in [3.8, 4) is 0 Å². The van der Waals surface area contributed by atoms with Crippen LogP contribution in [0.1, 0.15) is 133 Å². The van der Waals surface area contributed by atoms with E-state index in [4.69, 9.17) is 28.4 Å². The van der Waals surface area contributed by atoms with Gasteiger partial charge in [-0.05, 0) is 105 Å². The van der Waals surface area contributed by atoms with Crippen molar-refractivity contribution >= 4 is 11.6 Å². The molecule has 6 unspecified atom stereocenters. The topological polar surface area (TPSA) is 89.5 Å². The molecule has 0 spiro atoms. The number of ketones is 2. The summed E-state index contributed by atoms with van der Waals surface area (Å²) in [6.07, 6.45) is 10.9. The van der Waals surface area contributed by atoms with Gasteiger partial charge in [0.1, 0.15) is 25.2 Å². The molecular weight excluding hydrogens is 668 g/mol. The monoisotopic (exact) mass is 747 g/mol. The maximum Gasteiger partial charge on any atom is 0.146 e. The average Bonchev–Trinajstić information content (AvgIpc) is 3.74. The lowest BCUT2D eigenvalue weighted by atomic mass is 9.43. The molecule has 0 aliphatic heterocycles. The molecule has 0 aromatic carbocycles. The number of ether oxygens (including phenoxy) is 6. The van der Waals surface area contributed by atoms with Crippen molar-refractivity contribution in [1.82, 2.24) is 0 Å². The van der Waals surface area contributed by atoms with E-state index < -0.39 is 0 Å². The van der Waals surface area contributed by atoms with E-state index in [1.165, 1.54) is 6.42 Å². The van der Waals surface area contributed by atoms with Crippen molar-refractivity contribution in [1.29, 1.82) is 0 Å². The number of hydrogen-bond acceptors (Lipinski definition) is 8. The van der Waals surface area contributed by atoms with Gasteiger partial charge in [-0.3, -0.25) is 9.59 Å². The Hall–Kier alpha value is -0.900. The molecule has 6 aliphatic carbocycles. The molecule has 0 saturated heterocycles. The molecule has 6 rings (SSSR count). The first kappa shape index (κ1) is 43.2. The normalized spacial score (nSPS) is 49.6. The van der Waals surface area contributed by atoms with Gasteiger partial charge in [0, 0.05) is 62.4 Å². The molecule has 6 aliphatic rings. The van der Waals surface area contributed by atoms with E-state index in [0.717, 1.165) is 57.8 Å². The summed E-state index contributed by atoms with van der Waals surface area (Å²) in [5.41, 5.74) is -0.290. The second kappa shape index (κ2) is 16.2. The quantitative estimate of drug-likeness (QED) is 0.216. The van der Waals surface area contributed by atoms with Crippen molar-refractivity contribution in [2.24, 2.45) is 74.4 Å². The highest BCUT2D eigenvalue weighted by Gasteiger charge is 2.69. The maximum atomic E-state index is 14.0. The number of hydrogen-bond donors (Lipinski definition) is 0. The van der Waals surface area contributed by atoms with Gasteiger partial charge in [0.2, 0.25) is 0 Å². The molecule has 16 atom stereocenters. The summed E-state index contributed by atoms with van der Waals surface area (Å²) >= 11 is 0. The van der Waals surface area contributed by atoms with E-state index in [9.17, 15) is 9.59 Å². The fraction of sp³-hybridized carbons (Fsp3) is 0.956. The zero-order valence-electron chi connectivity index (χ0n) is 36.2. The molecule has 0 radical (unpaired) electrons. The fourth-order valence-electron chi connectivity index (χ4n) is 14.1. The van der Waals surface area contributed by atoms with Crippen LogP contribution in [-0.2, 0) is 38.0 Å². The Morgan fingerprint density at radius 3 is 1.53 bits per heavy atom. The zero-order chi connectivity index (χ0) is 39.3. The number of methoxy groups -OCH3 is 4. The molecule has 0 N–H and O–H groups in total. The molecule has 0 heterocycles. The number of Topliss-reactive ketones (excluding diaryl/α,β-unsaturated/α-hetero) is 2. The molecule has 0 aromatic heterocycles. The second-order valence-electron chi connectivity index (χ2n) is 19.9. The highest BCUT2D eigenvalue weighted by atomic mass is 16.7. The molecular formula is C45H78O8. The Morgan fingerprint density at radius 2 is 1.08 bits per heavy atom. The van der Waals surface area contributed by atoms with Gasteiger partial charge in [0.05, 0.1) is 24.4 Å². The molecule has 8 heteroatoms. The molecule has 6 saturated carbocycles. The van der Waals surface area contributed by atoms with Crippen molar-refractivity contribution in [2.45, 2.75) is 158 Å². The SMILES string of the molecule is COCOC1C[C@@](C)(C(C)C)C(=O)[C@H](C)C23CC[C@@H](C)[C@]1(C)C2[C@H](OC)CC3.COCOC1C[C@H](C)C(=O)[C@H](C)C23CC[C@@H](C)[C@]1(C)C2[C@H](OC)CC3. The number of rotatable bonds is 9. The summed E-state index contributed by atoms with van der Waals surface area (Å²) in [7, 11) is 7.04. The van der Waals surface area contributed by atoms with Gasteiger partial charge in [0.15, 0.2) is 0 Å². The largest absolute Gasteiger partial charge is 0.381 e. The Labute approximate surface area is 323 Å². The van der Waals surface area contributed by atoms with Crippen LogP contribution in [-0.4, -0.2) is 78.0 Å². The lowest BCUT2D eigenvalue weighted by molar-refractivity contribution is -0.222. The van der Waals surface area contributed by atoms with E-state index in [1.807, 2.05) is 14.2 Å². The Morgan fingerprint density at radius 1 is 0.642 bits per heavy atom. The van der Waals surface area contributed by atoms with Crippen LogP contribution in [0, 0.1) is 74.4 Å². The van der Waals surface area contributed by atoms with Gasteiger partial charge in [-0.2, -0.15) is 0 Å². The first-order valence-electron chi connectivity index (χ1n) is 21.3.